The Balaban J connectivity index is 2.07. The molecule has 2 unspecified atom stereocenters. The fourth-order valence-corrected chi connectivity index (χ4v) is 2.79. The molecule has 2 N–H and O–H groups in total. The molecule has 0 spiro atoms. The van der Waals surface area contributed by atoms with Crippen LogP contribution in [-0.2, 0) is 0 Å². The third-order valence-electron chi connectivity index (χ3n) is 2.36. The highest BCUT2D eigenvalue weighted by Gasteiger charge is 2.24. The van der Waals surface area contributed by atoms with Gasteiger partial charge in [0.25, 0.3) is 0 Å². The Morgan fingerprint density at radius 1 is 1.69 bits per heavy atom. The van der Waals surface area contributed by atoms with Crippen LogP contribution in [0.1, 0.15) is 23.8 Å². The first-order valence-electron chi connectivity index (χ1n) is 4.43. The second-order valence-electron chi connectivity index (χ2n) is 3.31. The van der Waals surface area contributed by atoms with Crippen molar-refractivity contribution in [2.75, 3.05) is 6.54 Å². The number of hydrogen-bond donors (Lipinski definition) is 2. The Morgan fingerprint density at radius 2 is 2.54 bits per heavy atom. The van der Waals surface area contributed by atoms with Crippen LogP contribution in [0.25, 0.3) is 0 Å². The lowest BCUT2D eigenvalue weighted by atomic mass is 10.1. The van der Waals surface area contributed by atoms with Gasteiger partial charge >= 0.3 is 0 Å². The molecular formula is C9H12ClNOS. The van der Waals surface area contributed by atoms with E-state index in [0.717, 1.165) is 29.3 Å². The van der Waals surface area contributed by atoms with Crippen molar-refractivity contribution < 1.29 is 5.11 Å². The van der Waals surface area contributed by atoms with Gasteiger partial charge in [0.05, 0.1) is 5.02 Å². The maximum absolute atomic E-state index is 9.92. The molecular weight excluding hydrogens is 206 g/mol. The molecule has 0 amide bonds. The Morgan fingerprint density at radius 3 is 3.08 bits per heavy atom. The SMILES string of the molecule is OC(c1cc(Cl)cs1)C1CCCN1. The molecule has 2 nitrogen and oxygen atoms in total. The van der Waals surface area contributed by atoms with E-state index in [0.29, 0.717) is 0 Å². The molecule has 72 valence electrons. The molecule has 2 rings (SSSR count). The highest BCUT2D eigenvalue weighted by molar-refractivity contribution is 7.10. The van der Waals surface area contributed by atoms with E-state index in [1.165, 1.54) is 11.3 Å². The lowest BCUT2D eigenvalue weighted by molar-refractivity contribution is 0.141. The maximum Gasteiger partial charge on any atom is 0.103 e. The van der Waals surface area contributed by atoms with Crippen molar-refractivity contribution in [3.05, 3.63) is 21.3 Å². The van der Waals surface area contributed by atoms with E-state index >= 15 is 0 Å². The van der Waals surface area contributed by atoms with E-state index in [9.17, 15) is 5.11 Å². The smallest absolute Gasteiger partial charge is 0.103 e. The van der Waals surface area contributed by atoms with Crippen molar-refractivity contribution in [2.24, 2.45) is 0 Å². The molecule has 0 aliphatic carbocycles. The summed E-state index contributed by atoms with van der Waals surface area (Å²) in [6.45, 7) is 1.01. The van der Waals surface area contributed by atoms with Gasteiger partial charge in [-0.25, -0.2) is 0 Å². The van der Waals surface area contributed by atoms with Crippen LogP contribution in [0.2, 0.25) is 5.02 Å². The number of hydrogen-bond acceptors (Lipinski definition) is 3. The molecule has 1 fully saturated rings. The molecule has 1 saturated heterocycles. The Labute approximate surface area is 86.5 Å². The van der Waals surface area contributed by atoms with Crippen LogP contribution >= 0.6 is 22.9 Å². The first kappa shape index (κ1) is 9.46. The zero-order valence-corrected chi connectivity index (χ0v) is 8.74. The fraction of sp³-hybridized carbons (Fsp3) is 0.556. The van der Waals surface area contributed by atoms with Crippen LogP contribution in [0.15, 0.2) is 11.4 Å². The Kier molecular flexibility index (Phi) is 2.89. The summed E-state index contributed by atoms with van der Waals surface area (Å²) in [5, 5.41) is 15.8. The number of thiophene rings is 1. The predicted molar refractivity (Wildman–Crippen MR) is 55.3 cm³/mol. The number of halogens is 1. The summed E-state index contributed by atoms with van der Waals surface area (Å²) < 4.78 is 0. The van der Waals surface area contributed by atoms with Crippen LogP contribution in [0.4, 0.5) is 0 Å². The zero-order chi connectivity index (χ0) is 9.26. The van der Waals surface area contributed by atoms with Gasteiger partial charge in [0.15, 0.2) is 0 Å². The summed E-state index contributed by atoms with van der Waals surface area (Å²) in [6, 6.07) is 2.06. The minimum atomic E-state index is -0.389. The predicted octanol–water partition coefficient (Wildman–Crippen LogP) is 2.19. The van der Waals surface area contributed by atoms with E-state index in [1.807, 2.05) is 11.4 Å². The van der Waals surface area contributed by atoms with E-state index in [4.69, 9.17) is 11.6 Å². The number of aliphatic hydroxyl groups is 1. The van der Waals surface area contributed by atoms with Gasteiger partial charge in [0, 0.05) is 16.3 Å². The molecule has 13 heavy (non-hydrogen) atoms. The quantitative estimate of drug-likeness (QED) is 0.796. The van der Waals surface area contributed by atoms with Crippen molar-refractivity contribution in [2.45, 2.75) is 25.0 Å². The van der Waals surface area contributed by atoms with Crippen LogP contribution in [0.3, 0.4) is 0 Å². The van der Waals surface area contributed by atoms with Gasteiger partial charge in [-0.3, -0.25) is 0 Å². The highest BCUT2D eigenvalue weighted by atomic mass is 35.5. The van der Waals surface area contributed by atoms with E-state index in [1.54, 1.807) is 0 Å². The standard InChI is InChI=1S/C9H12ClNOS/c10-6-4-8(13-5-6)9(12)7-2-1-3-11-7/h4-5,7,9,11-12H,1-3H2. The number of nitrogens with one attached hydrogen (secondary N) is 1. The van der Waals surface area contributed by atoms with Gasteiger partial charge in [-0.05, 0) is 25.5 Å². The largest absolute Gasteiger partial charge is 0.386 e. The topological polar surface area (TPSA) is 32.3 Å². The van der Waals surface area contributed by atoms with Crippen LogP contribution < -0.4 is 5.32 Å². The Hall–Kier alpha value is -0.0900. The summed E-state index contributed by atoms with van der Waals surface area (Å²) in [6.07, 6.45) is 1.82. The van der Waals surface area contributed by atoms with E-state index in [2.05, 4.69) is 5.32 Å². The molecule has 1 aromatic heterocycles. The van der Waals surface area contributed by atoms with Crippen molar-refractivity contribution >= 4 is 22.9 Å². The third-order valence-corrected chi connectivity index (χ3v) is 3.71. The molecule has 2 atom stereocenters. The summed E-state index contributed by atoms with van der Waals surface area (Å²) in [7, 11) is 0. The highest BCUT2D eigenvalue weighted by Crippen LogP contribution is 2.29. The lowest BCUT2D eigenvalue weighted by Crippen LogP contribution is -2.28. The number of aliphatic hydroxyl groups excluding tert-OH is 1. The van der Waals surface area contributed by atoms with Crippen LogP contribution in [-0.4, -0.2) is 17.7 Å². The van der Waals surface area contributed by atoms with E-state index in [-0.39, 0.29) is 12.1 Å². The molecule has 1 aliphatic rings. The van der Waals surface area contributed by atoms with Gasteiger partial charge in [0.2, 0.25) is 0 Å². The maximum atomic E-state index is 9.92. The third kappa shape index (κ3) is 2.05. The molecule has 2 heterocycles. The van der Waals surface area contributed by atoms with Gasteiger partial charge in [0.1, 0.15) is 6.10 Å². The minimum absolute atomic E-state index is 0.217. The average molecular weight is 218 g/mol. The Bertz CT molecular complexity index is 283. The van der Waals surface area contributed by atoms with Crippen molar-refractivity contribution in [3.63, 3.8) is 0 Å². The summed E-state index contributed by atoms with van der Waals surface area (Å²) in [5.74, 6) is 0. The molecule has 0 saturated carbocycles. The normalized spacial score (nSPS) is 24.9. The summed E-state index contributed by atoms with van der Waals surface area (Å²) in [4.78, 5) is 0.962. The zero-order valence-electron chi connectivity index (χ0n) is 7.16. The van der Waals surface area contributed by atoms with Gasteiger partial charge in [-0.2, -0.15) is 0 Å². The van der Waals surface area contributed by atoms with Gasteiger partial charge in [-0.1, -0.05) is 11.6 Å². The lowest BCUT2D eigenvalue weighted by Gasteiger charge is -2.16. The molecule has 1 aromatic rings. The average Bonchev–Trinajstić information content (AvgIpc) is 2.72. The van der Waals surface area contributed by atoms with Crippen LogP contribution in [0, 0.1) is 0 Å². The second-order valence-corrected chi connectivity index (χ2v) is 4.69. The molecule has 0 bridgehead atoms. The second kappa shape index (κ2) is 3.96. The summed E-state index contributed by atoms with van der Waals surface area (Å²) in [5.41, 5.74) is 0. The fourth-order valence-electron chi connectivity index (χ4n) is 1.66. The monoisotopic (exact) mass is 217 g/mol. The number of rotatable bonds is 2. The molecule has 4 heteroatoms. The van der Waals surface area contributed by atoms with E-state index < -0.39 is 0 Å². The minimum Gasteiger partial charge on any atom is -0.386 e. The molecule has 0 radical (unpaired) electrons. The van der Waals surface area contributed by atoms with Crippen molar-refractivity contribution in [1.82, 2.24) is 5.32 Å². The van der Waals surface area contributed by atoms with Gasteiger partial charge < -0.3 is 10.4 Å². The van der Waals surface area contributed by atoms with Crippen LogP contribution in [0.5, 0.6) is 0 Å². The first-order chi connectivity index (χ1) is 6.27. The van der Waals surface area contributed by atoms with Gasteiger partial charge in [-0.15, -0.1) is 11.3 Å². The summed E-state index contributed by atoms with van der Waals surface area (Å²) >= 11 is 7.31. The first-order valence-corrected chi connectivity index (χ1v) is 5.68. The van der Waals surface area contributed by atoms with Crippen molar-refractivity contribution in [1.29, 1.82) is 0 Å². The molecule has 0 aromatic carbocycles. The molecule has 1 aliphatic heterocycles. The van der Waals surface area contributed by atoms with Crippen molar-refractivity contribution in [3.8, 4) is 0 Å².